The van der Waals surface area contributed by atoms with Gasteiger partial charge in [-0.25, -0.2) is 12.7 Å². The highest BCUT2D eigenvalue weighted by molar-refractivity contribution is 7.89. The van der Waals surface area contributed by atoms with Gasteiger partial charge >= 0.3 is 0 Å². The summed E-state index contributed by atoms with van der Waals surface area (Å²) < 4.78 is 31.3. The molecule has 0 amide bonds. The van der Waals surface area contributed by atoms with E-state index in [1.165, 1.54) is 0 Å². The van der Waals surface area contributed by atoms with Crippen molar-refractivity contribution in [1.29, 1.82) is 0 Å². The third kappa shape index (κ3) is 5.22. The largest absolute Gasteiger partial charge is 0.378 e. The van der Waals surface area contributed by atoms with Crippen LogP contribution in [0.15, 0.2) is 0 Å². The van der Waals surface area contributed by atoms with Crippen LogP contribution in [-0.2, 0) is 14.8 Å². The van der Waals surface area contributed by atoms with Gasteiger partial charge < -0.3 is 10.5 Å². The van der Waals surface area contributed by atoms with E-state index in [-0.39, 0.29) is 17.8 Å². The van der Waals surface area contributed by atoms with E-state index in [2.05, 4.69) is 0 Å². The lowest BCUT2D eigenvalue weighted by Crippen LogP contribution is -2.42. The molecule has 0 atom stereocenters. The molecule has 6 heteroatoms. The second kappa shape index (κ2) is 7.43. The van der Waals surface area contributed by atoms with E-state index in [9.17, 15) is 8.42 Å². The summed E-state index contributed by atoms with van der Waals surface area (Å²) in [4.78, 5) is 0. The summed E-state index contributed by atoms with van der Waals surface area (Å²) in [5.74, 6) is 0.416. The van der Waals surface area contributed by atoms with Gasteiger partial charge in [0.25, 0.3) is 0 Å². The van der Waals surface area contributed by atoms with E-state index < -0.39 is 10.0 Å². The maximum atomic E-state index is 12.0. The van der Waals surface area contributed by atoms with Crippen LogP contribution >= 0.6 is 0 Å². The molecular formula is C12H26N2O3S. The number of piperidine rings is 1. The van der Waals surface area contributed by atoms with Crippen LogP contribution in [0.2, 0.25) is 0 Å². The third-order valence-corrected chi connectivity index (χ3v) is 5.28. The molecule has 1 rings (SSSR count). The Labute approximate surface area is 111 Å². The van der Waals surface area contributed by atoms with E-state index in [1.807, 2.05) is 13.8 Å². The van der Waals surface area contributed by atoms with E-state index in [1.54, 1.807) is 4.31 Å². The van der Waals surface area contributed by atoms with Crippen LogP contribution in [0, 0.1) is 5.92 Å². The van der Waals surface area contributed by atoms with Crippen molar-refractivity contribution in [3.63, 3.8) is 0 Å². The summed E-state index contributed by atoms with van der Waals surface area (Å²) in [6.07, 6.45) is 2.65. The summed E-state index contributed by atoms with van der Waals surface area (Å²) in [5.41, 5.74) is 5.40. The zero-order valence-corrected chi connectivity index (χ0v) is 12.3. The molecular weight excluding hydrogens is 252 g/mol. The smallest absolute Gasteiger partial charge is 0.214 e. The normalized spacial score (nSPS) is 19.6. The Morgan fingerprint density at radius 1 is 1.33 bits per heavy atom. The van der Waals surface area contributed by atoms with Crippen LogP contribution in [0.1, 0.15) is 33.1 Å². The minimum absolute atomic E-state index is 0.175. The molecule has 0 aliphatic carbocycles. The van der Waals surface area contributed by atoms with Gasteiger partial charge in [-0.2, -0.15) is 0 Å². The van der Waals surface area contributed by atoms with Gasteiger partial charge in [-0.05, 0) is 31.7 Å². The number of nitrogens with two attached hydrogens (primary N) is 1. The SMILES string of the molecule is CC(C)CS(=O)(=O)N1CCC(OCCCN)CC1. The fourth-order valence-corrected chi connectivity index (χ4v) is 3.96. The van der Waals surface area contributed by atoms with E-state index >= 15 is 0 Å². The Balaban J connectivity index is 2.34. The van der Waals surface area contributed by atoms with Crippen molar-refractivity contribution in [2.24, 2.45) is 11.7 Å². The van der Waals surface area contributed by atoms with Gasteiger partial charge in [-0.3, -0.25) is 0 Å². The van der Waals surface area contributed by atoms with Crippen molar-refractivity contribution in [2.45, 2.75) is 39.2 Å². The molecule has 0 saturated carbocycles. The molecule has 0 aromatic rings. The van der Waals surface area contributed by atoms with Crippen LogP contribution in [0.4, 0.5) is 0 Å². The lowest BCUT2D eigenvalue weighted by atomic mass is 10.1. The van der Waals surface area contributed by atoms with Crippen LogP contribution in [-0.4, -0.2) is 50.8 Å². The second-order valence-electron chi connectivity index (χ2n) is 5.28. The number of sulfonamides is 1. The molecule has 1 heterocycles. The molecule has 2 N–H and O–H groups in total. The fourth-order valence-electron chi connectivity index (χ4n) is 2.14. The second-order valence-corrected chi connectivity index (χ2v) is 7.30. The zero-order valence-electron chi connectivity index (χ0n) is 11.5. The number of hydrogen-bond acceptors (Lipinski definition) is 4. The first-order chi connectivity index (χ1) is 8.45. The summed E-state index contributed by atoms with van der Waals surface area (Å²) in [6.45, 7) is 6.35. The Kier molecular flexibility index (Phi) is 6.55. The molecule has 0 unspecified atom stereocenters. The Morgan fingerprint density at radius 3 is 2.44 bits per heavy atom. The molecule has 5 nitrogen and oxygen atoms in total. The highest BCUT2D eigenvalue weighted by Crippen LogP contribution is 2.18. The quantitative estimate of drug-likeness (QED) is 0.699. The number of rotatable bonds is 7. The van der Waals surface area contributed by atoms with Crippen molar-refractivity contribution in [3.05, 3.63) is 0 Å². The monoisotopic (exact) mass is 278 g/mol. The number of nitrogens with zero attached hydrogens (tertiary/aromatic N) is 1. The standard InChI is InChI=1S/C12H26N2O3S/c1-11(2)10-18(15,16)14-7-4-12(5-8-14)17-9-3-6-13/h11-12H,3-10,13H2,1-2H3. The highest BCUT2D eigenvalue weighted by atomic mass is 32.2. The Hall–Kier alpha value is -0.170. The topological polar surface area (TPSA) is 72.6 Å². The minimum atomic E-state index is -3.07. The summed E-state index contributed by atoms with van der Waals surface area (Å²) >= 11 is 0. The van der Waals surface area contributed by atoms with Gasteiger partial charge in [0.1, 0.15) is 0 Å². The Morgan fingerprint density at radius 2 is 1.94 bits per heavy atom. The van der Waals surface area contributed by atoms with Crippen LogP contribution < -0.4 is 5.73 Å². The summed E-state index contributed by atoms with van der Waals surface area (Å²) in [6, 6.07) is 0. The van der Waals surface area contributed by atoms with E-state index in [0.29, 0.717) is 26.2 Å². The molecule has 0 bridgehead atoms. The minimum Gasteiger partial charge on any atom is -0.378 e. The molecule has 108 valence electrons. The first kappa shape index (κ1) is 15.9. The number of ether oxygens (including phenoxy) is 1. The van der Waals surface area contributed by atoms with Gasteiger partial charge in [-0.15, -0.1) is 0 Å². The first-order valence-corrected chi connectivity index (χ1v) is 8.36. The molecule has 1 saturated heterocycles. The average molecular weight is 278 g/mol. The maximum absolute atomic E-state index is 12.0. The van der Waals surface area contributed by atoms with Crippen molar-refractivity contribution >= 4 is 10.0 Å². The first-order valence-electron chi connectivity index (χ1n) is 6.75. The predicted octanol–water partition coefficient (Wildman–Crippen LogP) is 0.802. The van der Waals surface area contributed by atoms with Crippen molar-refractivity contribution in [1.82, 2.24) is 4.31 Å². The van der Waals surface area contributed by atoms with Gasteiger partial charge in [0.05, 0.1) is 11.9 Å². The molecule has 0 aromatic heterocycles. The summed E-state index contributed by atoms with van der Waals surface area (Å²) in [5, 5.41) is 0. The van der Waals surface area contributed by atoms with E-state index in [4.69, 9.17) is 10.5 Å². The van der Waals surface area contributed by atoms with Gasteiger partial charge in [0.15, 0.2) is 0 Å². The highest BCUT2D eigenvalue weighted by Gasteiger charge is 2.28. The van der Waals surface area contributed by atoms with Crippen molar-refractivity contribution < 1.29 is 13.2 Å². The van der Waals surface area contributed by atoms with Gasteiger partial charge in [-0.1, -0.05) is 13.8 Å². The zero-order chi connectivity index (χ0) is 13.6. The van der Waals surface area contributed by atoms with Crippen LogP contribution in [0.25, 0.3) is 0 Å². The van der Waals surface area contributed by atoms with Gasteiger partial charge in [0, 0.05) is 19.7 Å². The van der Waals surface area contributed by atoms with Crippen molar-refractivity contribution in [3.8, 4) is 0 Å². The molecule has 1 aliphatic rings. The molecule has 1 fully saturated rings. The summed E-state index contributed by atoms with van der Waals surface area (Å²) in [7, 11) is -3.07. The van der Waals surface area contributed by atoms with Crippen LogP contribution in [0.3, 0.4) is 0 Å². The van der Waals surface area contributed by atoms with E-state index in [0.717, 1.165) is 19.3 Å². The van der Waals surface area contributed by atoms with Gasteiger partial charge in [0.2, 0.25) is 10.0 Å². The average Bonchev–Trinajstić information content (AvgIpc) is 2.28. The third-order valence-electron chi connectivity index (χ3n) is 3.04. The fraction of sp³-hybridized carbons (Fsp3) is 1.00. The molecule has 0 aromatic carbocycles. The molecule has 1 aliphatic heterocycles. The van der Waals surface area contributed by atoms with Crippen molar-refractivity contribution in [2.75, 3.05) is 32.0 Å². The lowest BCUT2D eigenvalue weighted by Gasteiger charge is -2.31. The molecule has 18 heavy (non-hydrogen) atoms. The molecule has 0 radical (unpaired) electrons. The van der Waals surface area contributed by atoms with Crippen LogP contribution in [0.5, 0.6) is 0 Å². The predicted molar refractivity (Wildman–Crippen MR) is 72.8 cm³/mol. The maximum Gasteiger partial charge on any atom is 0.214 e. The Bertz CT molecular complexity index is 322. The number of hydrogen-bond donors (Lipinski definition) is 1. The molecule has 0 spiro atoms. The lowest BCUT2D eigenvalue weighted by molar-refractivity contribution is 0.0208.